The van der Waals surface area contributed by atoms with Gasteiger partial charge in [-0.25, -0.2) is 4.79 Å². The van der Waals surface area contributed by atoms with E-state index in [1.807, 2.05) is 13.0 Å². The van der Waals surface area contributed by atoms with Gasteiger partial charge in [-0.3, -0.25) is 4.79 Å². The Hall–Kier alpha value is -2.14. The lowest BCUT2D eigenvalue weighted by Gasteiger charge is -2.32. The molecule has 0 spiro atoms. The molecule has 5 heteroatoms. The normalized spacial score (nSPS) is 20.9. The van der Waals surface area contributed by atoms with Crippen LogP contribution in [-0.2, 0) is 14.3 Å². The molecule has 1 unspecified atom stereocenters. The largest absolute Gasteiger partial charge is 0.462 e. The van der Waals surface area contributed by atoms with Gasteiger partial charge in [-0.05, 0) is 26.0 Å². The molecular weight excluding hydrogens is 270 g/mol. The molecular formula is C16H19NO4. The Morgan fingerprint density at radius 2 is 2.10 bits per heavy atom. The molecule has 0 amide bonds. The quantitative estimate of drug-likeness (QED) is 0.472. The van der Waals surface area contributed by atoms with Gasteiger partial charge in [0.2, 0.25) is 5.78 Å². The summed E-state index contributed by atoms with van der Waals surface area (Å²) < 4.78 is 10.7. The van der Waals surface area contributed by atoms with E-state index in [0.29, 0.717) is 11.3 Å². The van der Waals surface area contributed by atoms with Gasteiger partial charge in [0.25, 0.3) is 0 Å². The monoisotopic (exact) mass is 289 g/mol. The summed E-state index contributed by atoms with van der Waals surface area (Å²) in [5, 5.41) is 0. The van der Waals surface area contributed by atoms with E-state index in [9.17, 15) is 9.59 Å². The van der Waals surface area contributed by atoms with E-state index in [1.165, 1.54) is 0 Å². The first kappa shape index (κ1) is 15.3. The number of ketones is 1. The number of allylic oxidation sites excluding steroid dienone is 1. The summed E-state index contributed by atoms with van der Waals surface area (Å²) in [7, 11) is 1.66. The van der Waals surface area contributed by atoms with Crippen molar-refractivity contribution < 1.29 is 19.1 Å². The Balaban J connectivity index is 2.46. The number of carbonyl (C=O) groups excluding carboxylic acids is 2. The highest BCUT2D eigenvalue weighted by atomic mass is 16.6. The average molecular weight is 289 g/mol. The fourth-order valence-corrected chi connectivity index (χ4v) is 2.41. The van der Waals surface area contributed by atoms with Gasteiger partial charge in [0.15, 0.2) is 0 Å². The van der Waals surface area contributed by atoms with Crippen molar-refractivity contribution in [3.8, 4) is 0 Å². The van der Waals surface area contributed by atoms with Gasteiger partial charge in [-0.15, -0.1) is 0 Å². The predicted molar refractivity (Wildman–Crippen MR) is 79.3 cm³/mol. The molecule has 1 heterocycles. The highest BCUT2D eigenvalue weighted by molar-refractivity contribution is 6.23. The molecule has 2 rings (SSSR count). The van der Waals surface area contributed by atoms with Crippen LogP contribution < -0.4 is 4.90 Å². The van der Waals surface area contributed by atoms with Crippen molar-refractivity contribution in [2.45, 2.75) is 19.6 Å². The van der Waals surface area contributed by atoms with Crippen LogP contribution in [0.25, 0.3) is 0 Å². The van der Waals surface area contributed by atoms with Crippen LogP contribution >= 0.6 is 0 Å². The third-order valence-electron chi connectivity index (χ3n) is 3.47. The van der Waals surface area contributed by atoms with Gasteiger partial charge in [-0.2, -0.15) is 0 Å². The molecule has 1 aromatic rings. The minimum Gasteiger partial charge on any atom is -0.462 e. The van der Waals surface area contributed by atoms with Gasteiger partial charge < -0.3 is 14.4 Å². The highest BCUT2D eigenvalue weighted by Crippen LogP contribution is 2.39. The molecule has 1 aliphatic heterocycles. The number of para-hydroxylation sites is 1. The topological polar surface area (TPSA) is 55.8 Å². The molecule has 0 fully saturated rings. The molecule has 0 saturated heterocycles. The minimum atomic E-state index is -1.74. The predicted octanol–water partition coefficient (Wildman–Crippen LogP) is 2.17. The Morgan fingerprint density at radius 1 is 1.38 bits per heavy atom. The Bertz CT molecular complexity index is 581. The second-order valence-electron chi connectivity index (χ2n) is 4.65. The summed E-state index contributed by atoms with van der Waals surface area (Å²) in [4.78, 5) is 26.7. The third-order valence-corrected chi connectivity index (χ3v) is 3.47. The first-order valence-electron chi connectivity index (χ1n) is 6.89. The van der Waals surface area contributed by atoms with Gasteiger partial charge in [0, 0.05) is 12.6 Å². The molecule has 0 saturated carbocycles. The number of esters is 1. The number of rotatable bonds is 5. The van der Waals surface area contributed by atoms with Crippen LogP contribution in [0.15, 0.2) is 36.4 Å². The van der Waals surface area contributed by atoms with Gasteiger partial charge in [0.1, 0.15) is 0 Å². The summed E-state index contributed by atoms with van der Waals surface area (Å²) >= 11 is 0. The van der Waals surface area contributed by atoms with E-state index in [0.717, 1.165) is 0 Å². The van der Waals surface area contributed by atoms with Crippen molar-refractivity contribution in [1.29, 1.82) is 0 Å². The van der Waals surface area contributed by atoms with Crippen molar-refractivity contribution in [2.24, 2.45) is 0 Å². The third kappa shape index (κ3) is 2.34. The minimum absolute atomic E-state index is 0.152. The van der Waals surface area contributed by atoms with Crippen molar-refractivity contribution in [3.05, 3.63) is 42.0 Å². The van der Waals surface area contributed by atoms with E-state index < -0.39 is 11.7 Å². The lowest BCUT2D eigenvalue weighted by molar-refractivity contribution is -0.163. The molecule has 112 valence electrons. The molecule has 0 radical (unpaired) electrons. The fourth-order valence-electron chi connectivity index (χ4n) is 2.41. The summed E-state index contributed by atoms with van der Waals surface area (Å²) in [5.41, 5.74) is -0.608. The zero-order chi connectivity index (χ0) is 15.5. The molecule has 1 atom stereocenters. The zero-order valence-electron chi connectivity index (χ0n) is 12.5. The molecule has 1 aliphatic rings. The molecule has 5 nitrogen and oxygen atoms in total. The maximum absolute atomic E-state index is 12.7. The summed E-state index contributed by atoms with van der Waals surface area (Å²) in [5.74, 6) is -1.07. The Morgan fingerprint density at radius 3 is 2.71 bits per heavy atom. The highest BCUT2D eigenvalue weighted by Gasteiger charge is 2.58. The second-order valence-corrected chi connectivity index (χ2v) is 4.65. The lowest BCUT2D eigenvalue weighted by Crippen LogP contribution is -2.58. The van der Waals surface area contributed by atoms with Crippen LogP contribution in [0, 0.1) is 0 Å². The van der Waals surface area contributed by atoms with Crippen LogP contribution in [-0.4, -0.2) is 37.7 Å². The number of ether oxygens (including phenoxy) is 2. The number of anilines is 1. The van der Waals surface area contributed by atoms with Crippen LogP contribution in [0.4, 0.5) is 5.69 Å². The van der Waals surface area contributed by atoms with Crippen LogP contribution in [0.3, 0.4) is 0 Å². The lowest BCUT2D eigenvalue weighted by atomic mass is 10.1. The van der Waals surface area contributed by atoms with Crippen LogP contribution in [0.2, 0.25) is 0 Å². The van der Waals surface area contributed by atoms with Crippen molar-refractivity contribution >= 4 is 17.4 Å². The molecule has 0 aromatic heterocycles. The van der Waals surface area contributed by atoms with Crippen molar-refractivity contribution in [3.63, 3.8) is 0 Å². The first-order chi connectivity index (χ1) is 10.1. The maximum atomic E-state index is 12.7. The fraction of sp³-hybridized carbons (Fsp3) is 0.375. The molecule has 21 heavy (non-hydrogen) atoms. The van der Waals surface area contributed by atoms with Crippen LogP contribution in [0.1, 0.15) is 24.2 Å². The Labute approximate surface area is 124 Å². The van der Waals surface area contributed by atoms with Gasteiger partial charge in [-0.1, -0.05) is 24.3 Å². The Kier molecular flexibility index (Phi) is 4.43. The molecule has 1 aromatic carbocycles. The standard InChI is InChI=1S/C16H19NO4/c1-4-6-11-21-16(15(19)20-5-2)14(18)12-9-7-8-10-13(12)17(16)3/h4,6-10H,5,11H2,1-3H3/b6-4+. The molecule has 0 N–H and O–H groups in total. The number of benzene rings is 1. The summed E-state index contributed by atoms with van der Waals surface area (Å²) in [6.07, 6.45) is 3.54. The zero-order valence-corrected chi connectivity index (χ0v) is 12.5. The average Bonchev–Trinajstić information content (AvgIpc) is 2.71. The van der Waals surface area contributed by atoms with E-state index in [-0.39, 0.29) is 19.0 Å². The second kappa shape index (κ2) is 6.10. The molecule has 0 aliphatic carbocycles. The molecule has 0 bridgehead atoms. The number of hydrogen-bond donors (Lipinski definition) is 0. The first-order valence-corrected chi connectivity index (χ1v) is 6.89. The number of likely N-dealkylation sites (N-methyl/N-ethyl adjacent to an activating group) is 1. The smallest absolute Gasteiger partial charge is 0.368 e. The van der Waals surface area contributed by atoms with E-state index >= 15 is 0 Å². The van der Waals surface area contributed by atoms with Gasteiger partial charge in [0.05, 0.1) is 18.9 Å². The van der Waals surface area contributed by atoms with Crippen LogP contribution in [0.5, 0.6) is 0 Å². The van der Waals surface area contributed by atoms with E-state index in [2.05, 4.69) is 0 Å². The van der Waals surface area contributed by atoms with Crippen molar-refractivity contribution in [1.82, 2.24) is 0 Å². The summed E-state index contributed by atoms with van der Waals surface area (Å²) in [6.45, 7) is 3.88. The number of hydrogen-bond acceptors (Lipinski definition) is 5. The SMILES string of the molecule is C/C=C/COC1(C(=O)OCC)C(=O)c2ccccc2N1C. The van der Waals surface area contributed by atoms with Crippen molar-refractivity contribution in [2.75, 3.05) is 25.2 Å². The number of carbonyl (C=O) groups is 2. The van der Waals surface area contributed by atoms with E-state index in [4.69, 9.17) is 9.47 Å². The van der Waals surface area contributed by atoms with E-state index in [1.54, 1.807) is 49.2 Å². The number of nitrogens with zero attached hydrogens (tertiary/aromatic N) is 1. The van der Waals surface area contributed by atoms with Gasteiger partial charge >= 0.3 is 11.7 Å². The number of Topliss-reactive ketones (excluding diaryl/α,β-unsaturated/α-hetero) is 1. The maximum Gasteiger partial charge on any atom is 0.368 e. The summed E-state index contributed by atoms with van der Waals surface area (Å²) in [6, 6.07) is 7.05. The number of fused-ring (bicyclic) bond motifs is 1.